The lowest BCUT2D eigenvalue weighted by Gasteiger charge is -2.12. The predicted octanol–water partition coefficient (Wildman–Crippen LogP) is 2.01. The minimum atomic E-state index is -4.48. The van der Waals surface area contributed by atoms with Crippen LogP contribution in [0.15, 0.2) is 29.2 Å². The molecule has 2 N–H and O–H groups in total. The summed E-state index contributed by atoms with van der Waals surface area (Å²) in [6.07, 6.45) is -4.48. The van der Waals surface area contributed by atoms with E-state index in [1.807, 2.05) is 0 Å². The summed E-state index contributed by atoms with van der Waals surface area (Å²) in [5.41, 5.74) is -0.880. The van der Waals surface area contributed by atoms with Crippen LogP contribution in [-0.2, 0) is 16.2 Å². The predicted molar refractivity (Wildman–Crippen MR) is 72.4 cm³/mol. The van der Waals surface area contributed by atoms with Gasteiger partial charge in [0, 0.05) is 12.6 Å². The largest absolute Gasteiger partial charge is 0.416 e. The van der Waals surface area contributed by atoms with Gasteiger partial charge in [-0.2, -0.15) is 13.2 Å². The average molecular weight is 333 g/mol. The number of sulfonamides is 1. The molecule has 0 spiro atoms. The molecular formula is C11H16ClF3N2O2S. The van der Waals surface area contributed by atoms with E-state index in [0.717, 1.165) is 24.3 Å². The third-order valence-electron chi connectivity index (χ3n) is 2.56. The fraction of sp³-hybridized carbons (Fsp3) is 0.455. The van der Waals surface area contributed by atoms with Crippen molar-refractivity contribution in [2.75, 3.05) is 13.6 Å². The fourth-order valence-electron chi connectivity index (χ4n) is 1.24. The van der Waals surface area contributed by atoms with Gasteiger partial charge in [0.25, 0.3) is 0 Å². The molecule has 116 valence electrons. The Balaban J connectivity index is 0.00000361. The van der Waals surface area contributed by atoms with Crippen LogP contribution in [0, 0.1) is 0 Å². The molecule has 1 rings (SSSR count). The number of hydrogen-bond acceptors (Lipinski definition) is 3. The van der Waals surface area contributed by atoms with Crippen LogP contribution in [0.1, 0.15) is 12.5 Å². The van der Waals surface area contributed by atoms with Gasteiger partial charge in [-0.15, -0.1) is 12.4 Å². The van der Waals surface area contributed by atoms with Crippen molar-refractivity contribution in [3.05, 3.63) is 29.8 Å². The van der Waals surface area contributed by atoms with E-state index in [0.29, 0.717) is 0 Å². The van der Waals surface area contributed by atoms with E-state index in [2.05, 4.69) is 10.0 Å². The molecule has 0 fully saturated rings. The van der Waals surface area contributed by atoms with Gasteiger partial charge in [0.15, 0.2) is 0 Å². The summed E-state index contributed by atoms with van der Waals surface area (Å²) in [7, 11) is -2.11. The van der Waals surface area contributed by atoms with E-state index in [1.54, 1.807) is 14.0 Å². The summed E-state index contributed by atoms with van der Waals surface area (Å²) >= 11 is 0. The minimum absolute atomic E-state index is 0. The van der Waals surface area contributed by atoms with Crippen LogP contribution in [0.25, 0.3) is 0 Å². The molecule has 0 amide bonds. The summed E-state index contributed by atoms with van der Waals surface area (Å²) in [6.45, 7) is 1.93. The van der Waals surface area contributed by atoms with Crippen molar-refractivity contribution in [2.24, 2.45) is 0 Å². The number of benzene rings is 1. The molecule has 0 aliphatic rings. The van der Waals surface area contributed by atoms with Crippen LogP contribution in [-0.4, -0.2) is 28.1 Å². The van der Waals surface area contributed by atoms with Crippen molar-refractivity contribution < 1.29 is 21.6 Å². The molecule has 1 aromatic carbocycles. The van der Waals surface area contributed by atoms with Crippen molar-refractivity contribution in [2.45, 2.75) is 24.0 Å². The first kappa shape index (κ1) is 19.2. The monoisotopic (exact) mass is 332 g/mol. The molecule has 9 heteroatoms. The molecule has 0 heterocycles. The SMILES string of the molecule is CNC(C)CNS(=O)(=O)c1ccc(C(F)(F)F)cc1.Cl. The van der Waals surface area contributed by atoms with Gasteiger partial charge in [0.05, 0.1) is 10.5 Å². The molecule has 1 unspecified atom stereocenters. The average Bonchev–Trinajstić information content (AvgIpc) is 2.35. The maximum atomic E-state index is 12.3. The number of likely N-dealkylation sites (N-methyl/N-ethyl adjacent to an activating group) is 1. The van der Waals surface area contributed by atoms with Crippen molar-refractivity contribution in [1.82, 2.24) is 10.0 Å². The van der Waals surface area contributed by atoms with Gasteiger partial charge in [0.1, 0.15) is 0 Å². The molecule has 0 aromatic heterocycles. The zero-order valence-corrected chi connectivity index (χ0v) is 12.5. The van der Waals surface area contributed by atoms with E-state index in [1.165, 1.54) is 0 Å². The number of nitrogens with one attached hydrogen (secondary N) is 2. The Morgan fingerprint density at radius 2 is 1.70 bits per heavy atom. The molecular weight excluding hydrogens is 317 g/mol. The van der Waals surface area contributed by atoms with E-state index in [9.17, 15) is 21.6 Å². The third-order valence-corrected chi connectivity index (χ3v) is 4.00. The fourth-order valence-corrected chi connectivity index (χ4v) is 2.37. The van der Waals surface area contributed by atoms with Gasteiger partial charge >= 0.3 is 6.18 Å². The first-order valence-electron chi connectivity index (χ1n) is 5.51. The molecule has 1 atom stereocenters. The van der Waals surface area contributed by atoms with E-state index in [-0.39, 0.29) is 29.9 Å². The number of halogens is 4. The zero-order chi connectivity index (χ0) is 14.7. The van der Waals surface area contributed by atoms with Crippen LogP contribution in [0.5, 0.6) is 0 Å². The maximum Gasteiger partial charge on any atom is 0.416 e. The van der Waals surface area contributed by atoms with Gasteiger partial charge in [-0.25, -0.2) is 13.1 Å². The van der Waals surface area contributed by atoms with Crippen molar-refractivity contribution in [1.29, 1.82) is 0 Å². The second kappa shape index (κ2) is 7.26. The Hall–Kier alpha value is -0.830. The summed E-state index contributed by atoms with van der Waals surface area (Å²) in [4.78, 5) is -0.191. The minimum Gasteiger partial charge on any atom is -0.316 e. The third kappa shape index (κ3) is 5.28. The van der Waals surface area contributed by atoms with Crippen LogP contribution in [0.4, 0.5) is 13.2 Å². The highest BCUT2D eigenvalue weighted by molar-refractivity contribution is 7.89. The van der Waals surface area contributed by atoms with Crippen LogP contribution >= 0.6 is 12.4 Å². The lowest BCUT2D eigenvalue weighted by molar-refractivity contribution is -0.137. The van der Waals surface area contributed by atoms with Crippen LogP contribution < -0.4 is 10.0 Å². The Morgan fingerprint density at radius 1 is 1.20 bits per heavy atom. The molecule has 0 saturated carbocycles. The first-order valence-corrected chi connectivity index (χ1v) is 6.99. The molecule has 0 aliphatic carbocycles. The first-order chi connectivity index (χ1) is 8.66. The molecule has 4 nitrogen and oxygen atoms in total. The topological polar surface area (TPSA) is 58.2 Å². The van der Waals surface area contributed by atoms with E-state index in [4.69, 9.17) is 0 Å². The second-order valence-electron chi connectivity index (χ2n) is 4.06. The van der Waals surface area contributed by atoms with Gasteiger partial charge in [-0.05, 0) is 38.2 Å². The zero-order valence-electron chi connectivity index (χ0n) is 10.9. The lowest BCUT2D eigenvalue weighted by atomic mass is 10.2. The molecule has 0 aliphatic heterocycles. The summed E-state index contributed by atoms with van der Waals surface area (Å²) < 4.78 is 62.9. The summed E-state index contributed by atoms with van der Waals surface area (Å²) in [6, 6.07) is 3.29. The normalized spacial score (nSPS) is 13.7. The standard InChI is InChI=1S/C11H15F3N2O2S.ClH/c1-8(15-2)7-16-19(17,18)10-5-3-9(4-6-10)11(12,13)14;/h3-6,8,15-16H,7H2,1-2H3;1H. The highest BCUT2D eigenvalue weighted by atomic mass is 35.5. The number of alkyl halides is 3. The molecule has 1 aromatic rings. The van der Waals surface area contributed by atoms with Crippen molar-refractivity contribution in [3.63, 3.8) is 0 Å². The second-order valence-corrected chi connectivity index (χ2v) is 5.83. The summed E-state index contributed by atoms with van der Waals surface area (Å²) in [5, 5.41) is 2.84. The lowest BCUT2D eigenvalue weighted by Crippen LogP contribution is -2.37. The van der Waals surface area contributed by atoms with Gasteiger partial charge < -0.3 is 5.32 Å². The van der Waals surface area contributed by atoms with Gasteiger partial charge in [-0.3, -0.25) is 0 Å². The molecule has 0 radical (unpaired) electrons. The Labute approximate surface area is 122 Å². The Morgan fingerprint density at radius 3 is 2.10 bits per heavy atom. The van der Waals surface area contributed by atoms with Crippen LogP contribution in [0.2, 0.25) is 0 Å². The van der Waals surface area contributed by atoms with Gasteiger partial charge in [-0.1, -0.05) is 0 Å². The maximum absolute atomic E-state index is 12.3. The smallest absolute Gasteiger partial charge is 0.316 e. The van der Waals surface area contributed by atoms with E-state index >= 15 is 0 Å². The van der Waals surface area contributed by atoms with Crippen molar-refractivity contribution >= 4 is 22.4 Å². The number of hydrogen-bond donors (Lipinski definition) is 2. The van der Waals surface area contributed by atoms with Crippen molar-refractivity contribution in [3.8, 4) is 0 Å². The molecule has 0 bridgehead atoms. The van der Waals surface area contributed by atoms with E-state index < -0.39 is 21.8 Å². The molecule has 20 heavy (non-hydrogen) atoms. The van der Waals surface area contributed by atoms with Gasteiger partial charge in [0.2, 0.25) is 10.0 Å². The van der Waals surface area contributed by atoms with Crippen LogP contribution in [0.3, 0.4) is 0 Å². The highest BCUT2D eigenvalue weighted by Crippen LogP contribution is 2.29. The highest BCUT2D eigenvalue weighted by Gasteiger charge is 2.30. The number of rotatable bonds is 5. The molecule has 0 saturated heterocycles. The Bertz CT molecular complexity index is 517. The quantitative estimate of drug-likeness (QED) is 0.867. The summed E-state index contributed by atoms with van der Waals surface area (Å²) in [5.74, 6) is 0. The Kier molecular flexibility index (Phi) is 6.96.